The number of benzene rings is 2. The summed E-state index contributed by atoms with van der Waals surface area (Å²) in [5.74, 6) is 0.832. The summed E-state index contributed by atoms with van der Waals surface area (Å²) in [7, 11) is -6.87. The van der Waals surface area contributed by atoms with Crippen LogP contribution in [0.3, 0.4) is 0 Å². The lowest BCUT2D eigenvalue weighted by atomic mass is 10.2. The van der Waals surface area contributed by atoms with Crippen molar-refractivity contribution < 1.29 is 26.1 Å². The molecule has 134 valence electrons. The standard InChI is InChI=1S/C14H17BN2O6S2/c1-24(18,19)16-11-5-3-7-13(9-11)22-15-23-14-8-4-6-12(10-14)17-25(2,20)21/h3-10,15-17H,1-2H3. The highest BCUT2D eigenvalue weighted by molar-refractivity contribution is 7.92. The molecule has 0 atom stereocenters. The van der Waals surface area contributed by atoms with E-state index in [1.54, 1.807) is 36.4 Å². The molecule has 11 heteroatoms. The quantitative estimate of drug-likeness (QED) is 0.661. The predicted octanol–water partition coefficient (Wildman–Crippen LogP) is 1.15. The minimum atomic E-state index is -3.37. The van der Waals surface area contributed by atoms with E-state index in [-0.39, 0.29) is 7.69 Å². The van der Waals surface area contributed by atoms with Gasteiger partial charge in [0, 0.05) is 12.1 Å². The van der Waals surface area contributed by atoms with E-state index in [1.165, 1.54) is 12.1 Å². The minimum absolute atomic E-state index is 0.134. The Kier molecular flexibility index (Phi) is 5.80. The number of nitrogens with one attached hydrogen (secondary N) is 2. The molecule has 0 aliphatic rings. The molecule has 0 radical (unpaired) electrons. The van der Waals surface area contributed by atoms with Crippen LogP contribution in [-0.2, 0) is 20.0 Å². The van der Waals surface area contributed by atoms with Gasteiger partial charge in [-0.2, -0.15) is 0 Å². The molecular weight excluding hydrogens is 367 g/mol. The zero-order valence-corrected chi connectivity index (χ0v) is 15.2. The first-order valence-electron chi connectivity index (χ1n) is 7.02. The van der Waals surface area contributed by atoms with Crippen LogP contribution >= 0.6 is 0 Å². The van der Waals surface area contributed by atoms with E-state index >= 15 is 0 Å². The third-order valence-corrected chi connectivity index (χ3v) is 3.94. The number of sulfonamides is 2. The summed E-state index contributed by atoms with van der Waals surface area (Å²) in [4.78, 5) is 0. The largest absolute Gasteiger partial charge is 0.576 e. The number of anilines is 2. The first kappa shape index (κ1) is 18.9. The van der Waals surface area contributed by atoms with Gasteiger partial charge in [0.05, 0.1) is 23.9 Å². The molecule has 0 amide bonds. The average Bonchev–Trinajstić information content (AvgIpc) is 2.44. The number of hydrogen-bond acceptors (Lipinski definition) is 6. The van der Waals surface area contributed by atoms with Crippen LogP contribution in [0.5, 0.6) is 11.5 Å². The van der Waals surface area contributed by atoms with Crippen molar-refractivity contribution in [2.45, 2.75) is 0 Å². The van der Waals surface area contributed by atoms with E-state index in [9.17, 15) is 16.8 Å². The van der Waals surface area contributed by atoms with Crippen LogP contribution in [0.15, 0.2) is 48.5 Å². The summed E-state index contributed by atoms with van der Waals surface area (Å²) in [6, 6.07) is 12.8. The zero-order chi connectivity index (χ0) is 18.5. The molecule has 0 unspecified atom stereocenters. The molecule has 0 heterocycles. The molecule has 0 aliphatic heterocycles. The van der Waals surface area contributed by atoms with Crippen molar-refractivity contribution in [3.8, 4) is 11.5 Å². The van der Waals surface area contributed by atoms with Crippen molar-refractivity contribution in [3.63, 3.8) is 0 Å². The normalized spacial score (nSPS) is 11.4. The molecule has 8 nitrogen and oxygen atoms in total. The fourth-order valence-corrected chi connectivity index (χ4v) is 3.00. The predicted molar refractivity (Wildman–Crippen MR) is 98.2 cm³/mol. The molecule has 25 heavy (non-hydrogen) atoms. The van der Waals surface area contributed by atoms with Gasteiger partial charge in [-0.1, -0.05) is 12.1 Å². The van der Waals surface area contributed by atoms with Crippen LogP contribution in [0, 0.1) is 0 Å². The summed E-state index contributed by atoms with van der Waals surface area (Å²) in [6.07, 6.45) is 2.11. The second-order valence-corrected chi connectivity index (χ2v) is 8.71. The van der Waals surface area contributed by atoms with Crippen LogP contribution in [-0.4, -0.2) is 37.0 Å². The Balaban J connectivity index is 1.95. The highest BCUT2D eigenvalue weighted by atomic mass is 32.2. The number of hydrogen-bond donors (Lipinski definition) is 2. The molecule has 0 saturated carbocycles. The molecule has 0 spiro atoms. The van der Waals surface area contributed by atoms with E-state index in [2.05, 4.69) is 9.44 Å². The van der Waals surface area contributed by atoms with Crippen molar-refractivity contribution in [3.05, 3.63) is 48.5 Å². The van der Waals surface area contributed by atoms with Gasteiger partial charge in [0.1, 0.15) is 11.5 Å². The van der Waals surface area contributed by atoms with Crippen molar-refractivity contribution >= 4 is 39.1 Å². The Morgan fingerprint density at radius 1 is 0.760 bits per heavy atom. The molecule has 0 aromatic heterocycles. The smallest absolute Gasteiger partial charge is 0.528 e. The van der Waals surface area contributed by atoms with Crippen molar-refractivity contribution in [2.75, 3.05) is 22.0 Å². The van der Waals surface area contributed by atoms with Gasteiger partial charge in [0.15, 0.2) is 0 Å². The van der Waals surface area contributed by atoms with Gasteiger partial charge in [-0.3, -0.25) is 9.44 Å². The van der Waals surface area contributed by atoms with E-state index in [1.807, 2.05) is 0 Å². The molecule has 0 fully saturated rings. The Morgan fingerprint density at radius 3 is 1.52 bits per heavy atom. The maximum Gasteiger partial charge on any atom is 0.576 e. The van der Waals surface area contributed by atoms with Gasteiger partial charge in [0.2, 0.25) is 20.0 Å². The van der Waals surface area contributed by atoms with Crippen LogP contribution < -0.4 is 18.8 Å². The SMILES string of the molecule is CS(=O)(=O)Nc1cccc(OBOc2cccc(NS(C)(=O)=O)c2)c1. The molecule has 2 aromatic rings. The lowest BCUT2D eigenvalue weighted by Gasteiger charge is -2.10. The van der Waals surface area contributed by atoms with Crippen molar-refractivity contribution in [1.29, 1.82) is 0 Å². The molecule has 0 bridgehead atoms. The van der Waals surface area contributed by atoms with Gasteiger partial charge >= 0.3 is 7.69 Å². The lowest BCUT2D eigenvalue weighted by molar-refractivity contribution is 0.459. The Morgan fingerprint density at radius 2 is 1.16 bits per heavy atom. The topological polar surface area (TPSA) is 111 Å². The fraction of sp³-hybridized carbons (Fsp3) is 0.143. The Bertz CT molecular complexity index is 870. The molecule has 2 N–H and O–H groups in total. The second-order valence-electron chi connectivity index (χ2n) is 5.21. The summed E-state index contributed by atoms with van der Waals surface area (Å²) in [6.45, 7) is 0. The second kappa shape index (κ2) is 7.66. The third kappa shape index (κ3) is 7.35. The van der Waals surface area contributed by atoms with Crippen LogP contribution in [0.25, 0.3) is 0 Å². The maximum absolute atomic E-state index is 11.2. The van der Waals surface area contributed by atoms with E-state index in [4.69, 9.17) is 9.31 Å². The molecule has 0 aliphatic carbocycles. The highest BCUT2D eigenvalue weighted by Crippen LogP contribution is 2.20. The van der Waals surface area contributed by atoms with Crippen LogP contribution in [0.2, 0.25) is 0 Å². The van der Waals surface area contributed by atoms with Crippen molar-refractivity contribution in [2.24, 2.45) is 0 Å². The van der Waals surface area contributed by atoms with Crippen LogP contribution in [0.1, 0.15) is 0 Å². The van der Waals surface area contributed by atoms with Gasteiger partial charge in [-0.15, -0.1) is 0 Å². The highest BCUT2D eigenvalue weighted by Gasteiger charge is 2.06. The molecule has 0 saturated heterocycles. The minimum Gasteiger partial charge on any atom is -0.528 e. The monoisotopic (exact) mass is 384 g/mol. The average molecular weight is 384 g/mol. The molecule has 2 rings (SSSR count). The number of rotatable bonds is 8. The van der Waals surface area contributed by atoms with Gasteiger partial charge in [-0.05, 0) is 24.3 Å². The molecular formula is C14H17BN2O6S2. The van der Waals surface area contributed by atoms with Gasteiger partial charge in [0.25, 0.3) is 0 Å². The Hall–Kier alpha value is -2.40. The lowest BCUT2D eigenvalue weighted by Crippen LogP contribution is -2.13. The first-order valence-corrected chi connectivity index (χ1v) is 10.8. The summed E-state index contributed by atoms with van der Waals surface area (Å²) in [5, 5.41) is 0. The van der Waals surface area contributed by atoms with Gasteiger partial charge in [-0.25, -0.2) is 16.8 Å². The third-order valence-electron chi connectivity index (χ3n) is 2.73. The summed E-state index contributed by atoms with van der Waals surface area (Å²) in [5.41, 5.74) is 0.749. The van der Waals surface area contributed by atoms with Gasteiger partial charge < -0.3 is 9.31 Å². The van der Waals surface area contributed by atoms with Crippen LogP contribution in [0.4, 0.5) is 11.4 Å². The first-order chi connectivity index (χ1) is 11.6. The van der Waals surface area contributed by atoms with E-state index < -0.39 is 20.0 Å². The Labute approximate surface area is 147 Å². The maximum atomic E-state index is 11.2. The fourth-order valence-electron chi connectivity index (χ4n) is 1.89. The summed E-state index contributed by atoms with van der Waals surface area (Å²) >= 11 is 0. The van der Waals surface area contributed by atoms with E-state index in [0.29, 0.717) is 22.9 Å². The van der Waals surface area contributed by atoms with Crippen molar-refractivity contribution in [1.82, 2.24) is 0 Å². The zero-order valence-electron chi connectivity index (χ0n) is 13.6. The molecule has 2 aromatic carbocycles. The summed E-state index contributed by atoms with van der Waals surface area (Å²) < 4.78 is 60.4. The van der Waals surface area contributed by atoms with E-state index in [0.717, 1.165) is 12.5 Å².